The van der Waals surface area contributed by atoms with Crippen LogP contribution in [0.25, 0.3) is 11.0 Å². The normalized spacial score (nSPS) is 11.4. The Bertz CT molecular complexity index is 402. The summed E-state index contributed by atoms with van der Waals surface area (Å²) in [6.07, 6.45) is 10.6. The highest BCUT2D eigenvalue weighted by atomic mass is 32.1. The average molecular weight is 250 g/mol. The number of H-pyrrole nitrogens is 1. The van der Waals surface area contributed by atoms with Gasteiger partial charge in [0.15, 0.2) is 0 Å². The van der Waals surface area contributed by atoms with Gasteiger partial charge in [-0.1, -0.05) is 45.4 Å². The van der Waals surface area contributed by atoms with E-state index in [-0.39, 0.29) is 0 Å². The minimum atomic E-state index is 1.10. The number of aryl methyl sites for hydroxylation is 1. The zero-order valence-electron chi connectivity index (χ0n) is 10.7. The summed E-state index contributed by atoms with van der Waals surface area (Å²) < 4.78 is 0. The third kappa shape index (κ3) is 3.84. The second-order valence-electron chi connectivity index (χ2n) is 4.73. The summed E-state index contributed by atoms with van der Waals surface area (Å²) in [5.74, 6) is 1.16. The molecule has 0 unspecified atom stereocenters. The summed E-state index contributed by atoms with van der Waals surface area (Å²) in [6.45, 7) is 2.27. The molecule has 3 heteroatoms. The number of nitrogens with one attached hydrogen (secondary N) is 1. The fourth-order valence-electron chi connectivity index (χ4n) is 2.17. The number of aromatic amines is 1. The summed E-state index contributed by atoms with van der Waals surface area (Å²) >= 11 is 1.71. The molecule has 0 aliphatic carbocycles. The van der Waals surface area contributed by atoms with Crippen LogP contribution in [0.2, 0.25) is 0 Å². The van der Waals surface area contributed by atoms with Gasteiger partial charge in [0.2, 0.25) is 0 Å². The molecule has 0 radical (unpaired) electrons. The maximum absolute atomic E-state index is 4.57. The lowest BCUT2D eigenvalue weighted by atomic mass is 10.1. The fourth-order valence-corrected chi connectivity index (χ4v) is 2.86. The van der Waals surface area contributed by atoms with E-state index >= 15 is 0 Å². The van der Waals surface area contributed by atoms with Gasteiger partial charge in [-0.15, -0.1) is 11.3 Å². The van der Waals surface area contributed by atoms with Gasteiger partial charge in [0.05, 0.1) is 11.0 Å². The molecule has 0 spiro atoms. The molecule has 2 aromatic rings. The van der Waals surface area contributed by atoms with Gasteiger partial charge in [0.25, 0.3) is 0 Å². The minimum Gasteiger partial charge on any atom is -0.341 e. The van der Waals surface area contributed by atoms with Crippen LogP contribution in [-0.4, -0.2) is 9.97 Å². The van der Waals surface area contributed by atoms with E-state index in [2.05, 4.69) is 27.7 Å². The Morgan fingerprint density at radius 1 is 1.06 bits per heavy atom. The molecular formula is C14H22N2S. The van der Waals surface area contributed by atoms with Crippen molar-refractivity contribution in [1.82, 2.24) is 9.97 Å². The number of nitrogens with zero attached hydrogens (tertiary/aromatic N) is 1. The van der Waals surface area contributed by atoms with Gasteiger partial charge in [0.1, 0.15) is 5.82 Å². The summed E-state index contributed by atoms with van der Waals surface area (Å²) in [5, 5.41) is 4.25. The van der Waals surface area contributed by atoms with Crippen molar-refractivity contribution >= 4 is 22.4 Å². The van der Waals surface area contributed by atoms with E-state index in [1.165, 1.54) is 50.5 Å². The van der Waals surface area contributed by atoms with Crippen molar-refractivity contribution in [3.05, 3.63) is 16.6 Å². The van der Waals surface area contributed by atoms with Crippen LogP contribution < -0.4 is 0 Å². The number of hydrogen-bond donors (Lipinski definition) is 1. The predicted molar refractivity (Wildman–Crippen MR) is 75.7 cm³/mol. The molecule has 2 rings (SSSR count). The molecular weight excluding hydrogens is 228 g/mol. The van der Waals surface area contributed by atoms with Crippen molar-refractivity contribution in [2.75, 3.05) is 0 Å². The molecule has 0 saturated carbocycles. The predicted octanol–water partition coefficient (Wildman–Crippen LogP) is 4.92. The number of thiophene rings is 1. The molecule has 0 saturated heterocycles. The second-order valence-corrected chi connectivity index (χ2v) is 5.47. The first-order valence-electron chi connectivity index (χ1n) is 6.81. The van der Waals surface area contributed by atoms with E-state index in [0.717, 1.165) is 17.8 Å². The largest absolute Gasteiger partial charge is 0.341 e. The quantitative estimate of drug-likeness (QED) is 0.662. The van der Waals surface area contributed by atoms with Crippen LogP contribution in [0, 0.1) is 0 Å². The van der Waals surface area contributed by atoms with E-state index in [4.69, 9.17) is 0 Å². The molecule has 0 aliphatic rings. The Kier molecular flexibility index (Phi) is 5.05. The molecule has 0 aliphatic heterocycles. The van der Waals surface area contributed by atoms with E-state index in [9.17, 15) is 0 Å². The van der Waals surface area contributed by atoms with Crippen LogP contribution in [0.5, 0.6) is 0 Å². The number of hydrogen-bond acceptors (Lipinski definition) is 2. The average Bonchev–Trinajstić information content (AvgIpc) is 2.88. The molecule has 94 valence electrons. The van der Waals surface area contributed by atoms with Gasteiger partial charge in [-0.05, 0) is 6.42 Å². The Hall–Kier alpha value is -0.830. The van der Waals surface area contributed by atoms with Gasteiger partial charge in [0, 0.05) is 17.2 Å². The number of fused-ring (bicyclic) bond motifs is 1. The first-order chi connectivity index (χ1) is 8.40. The molecule has 2 aromatic heterocycles. The Morgan fingerprint density at radius 3 is 2.59 bits per heavy atom. The summed E-state index contributed by atoms with van der Waals surface area (Å²) in [7, 11) is 0. The summed E-state index contributed by atoms with van der Waals surface area (Å²) in [5.41, 5.74) is 2.33. The zero-order chi connectivity index (χ0) is 11.9. The van der Waals surface area contributed by atoms with Crippen molar-refractivity contribution in [3.8, 4) is 0 Å². The Balaban J connectivity index is 1.60. The molecule has 0 atom stereocenters. The van der Waals surface area contributed by atoms with Crippen molar-refractivity contribution in [2.24, 2.45) is 0 Å². The van der Waals surface area contributed by atoms with Crippen molar-refractivity contribution < 1.29 is 0 Å². The zero-order valence-corrected chi connectivity index (χ0v) is 11.5. The van der Waals surface area contributed by atoms with Crippen LogP contribution >= 0.6 is 11.3 Å². The van der Waals surface area contributed by atoms with Crippen LogP contribution in [0.15, 0.2) is 10.8 Å². The summed E-state index contributed by atoms with van der Waals surface area (Å²) in [6, 6.07) is 0. The third-order valence-corrected chi connectivity index (χ3v) is 3.92. The van der Waals surface area contributed by atoms with Gasteiger partial charge < -0.3 is 4.98 Å². The lowest BCUT2D eigenvalue weighted by Crippen LogP contribution is -1.88. The molecule has 0 amide bonds. The maximum Gasteiger partial charge on any atom is 0.107 e. The van der Waals surface area contributed by atoms with Gasteiger partial charge in [-0.3, -0.25) is 0 Å². The molecule has 2 heterocycles. The highest BCUT2D eigenvalue weighted by Gasteiger charge is 2.02. The second kappa shape index (κ2) is 6.80. The van der Waals surface area contributed by atoms with Crippen LogP contribution in [0.4, 0.5) is 0 Å². The van der Waals surface area contributed by atoms with E-state index < -0.39 is 0 Å². The van der Waals surface area contributed by atoms with Gasteiger partial charge in [-0.2, -0.15) is 0 Å². The monoisotopic (exact) mass is 250 g/mol. The van der Waals surface area contributed by atoms with Gasteiger partial charge in [-0.25, -0.2) is 4.98 Å². The number of imidazole rings is 1. The SMILES string of the molecule is CCCCCCCCCc1nc2cscc2[nH]1. The number of unbranched alkanes of at least 4 members (excludes halogenated alkanes) is 6. The topological polar surface area (TPSA) is 28.7 Å². The van der Waals surface area contributed by atoms with Crippen LogP contribution in [0.1, 0.15) is 57.7 Å². The lowest BCUT2D eigenvalue weighted by Gasteiger charge is -1.99. The third-order valence-electron chi connectivity index (χ3n) is 3.19. The van der Waals surface area contributed by atoms with Crippen molar-refractivity contribution in [2.45, 2.75) is 58.3 Å². The lowest BCUT2D eigenvalue weighted by molar-refractivity contribution is 0.585. The molecule has 0 fully saturated rings. The maximum atomic E-state index is 4.57. The van der Waals surface area contributed by atoms with Crippen LogP contribution in [-0.2, 0) is 6.42 Å². The molecule has 0 aromatic carbocycles. The first kappa shape index (κ1) is 12.6. The molecule has 17 heavy (non-hydrogen) atoms. The van der Waals surface area contributed by atoms with Crippen molar-refractivity contribution in [1.29, 1.82) is 0 Å². The van der Waals surface area contributed by atoms with E-state index in [1.54, 1.807) is 11.3 Å². The molecule has 2 nitrogen and oxygen atoms in total. The first-order valence-corrected chi connectivity index (χ1v) is 7.75. The number of rotatable bonds is 8. The van der Waals surface area contributed by atoms with E-state index in [0.29, 0.717) is 0 Å². The highest BCUT2D eigenvalue weighted by Crippen LogP contribution is 2.17. The van der Waals surface area contributed by atoms with Gasteiger partial charge >= 0.3 is 0 Å². The standard InChI is InChI=1S/C14H22N2S/c1-2-3-4-5-6-7-8-9-14-15-12-10-17-11-13(12)16-14/h10-11H,2-9H2,1H3,(H,15,16). The summed E-state index contributed by atoms with van der Waals surface area (Å²) in [4.78, 5) is 7.96. The molecule has 0 bridgehead atoms. The van der Waals surface area contributed by atoms with E-state index in [1.807, 2.05) is 0 Å². The fraction of sp³-hybridized carbons (Fsp3) is 0.643. The number of aromatic nitrogens is 2. The van der Waals surface area contributed by atoms with Crippen molar-refractivity contribution in [3.63, 3.8) is 0 Å². The minimum absolute atomic E-state index is 1.10. The van der Waals surface area contributed by atoms with Crippen LogP contribution in [0.3, 0.4) is 0 Å². The molecule has 1 N–H and O–H groups in total. The highest BCUT2D eigenvalue weighted by molar-refractivity contribution is 7.09. The smallest absolute Gasteiger partial charge is 0.107 e. The Morgan fingerprint density at radius 2 is 1.82 bits per heavy atom. The Labute approximate surface area is 107 Å².